The second-order valence-electron chi connectivity index (χ2n) is 5.68. The van der Waals surface area contributed by atoms with E-state index in [0.717, 1.165) is 11.8 Å². The van der Waals surface area contributed by atoms with Gasteiger partial charge in [-0.05, 0) is 25.1 Å². The molecule has 2 aromatic carbocycles. The molecule has 0 bridgehead atoms. The molecule has 28 heavy (non-hydrogen) atoms. The van der Waals surface area contributed by atoms with Crippen molar-refractivity contribution in [2.45, 2.75) is 18.6 Å². The molecule has 0 saturated carbocycles. The van der Waals surface area contributed by atoms with E-state index in [9.17, 15) is 20.0 Å². The summed E-state index contributed by atoms with van der Waals surface area (Å²) in [4.78, 5) is 22.7. The fourth-order valence-electron chi connectivity index (χ4n) is 2.60. The molecule has 1 aromatic heterocycles. The largest absolute Gasteiger partial charge is 0.507 e. The van der Waals surface area contributed by atoms with E-state index < -0.39 is 10.8 Å². The zero-order chi connectivity index (χ0) is 20.1. The van der Waals surface area contributed by atoms with Crippen LogP contribution in [-0.2, 0) is 11.3 Å². The Morgan fingerprint density at radius 2 is 1.93 bits per heavy atom. The topological polar surface area (TPSA) is 123 Å². The molecule has 0 atom stereocenters. The maximum atomic E-state index is 12.2. The molecule has 0 aliphatic carbocycles. The summed E-state index contributed by atoms with van der Waals surface area (Å²) in [6.07, 6.45) is 0. The Bertz CT molecular complexity index is 1020. The Balaban J connectivity index is 1.73. The van der Waals surface area contributed by atoms with Crippen LogP contribution in [0.2, 0.25) is 0 Å². The molecule has 1 amide bonds. The zero-order valence-electron chi connectivity index (χ0n) is 14.9. The Kier molecular flexibility index (Phi) is 5.90. The van der Waals surface area contributed by atoms with E-state index >= 15 is 0 Å². The highest BCUT2D eigenvalue weighted by molar-refractivity contribution is 7.99. The third-order valence-electron chi connectivity index (χ3n) is 3.89. The molecule has 2 N–H and O–H groups in total. The minimum Gasteiger partial charge on any atom is -0.507 e. The third-order valence-corrected chi connectivity index (χ3v) is 4.85. The van der Waals surface area contributed by atoms with Gasteiger partial charge in [0.05, 0.1) is 16.2 Å². The Labute approximate surface area is 164 Å². The number of nitrogens with zero attached hydrogens (tertiary/aromatic N) is 4. The van der Waals surface area contributed by atoms with Gasteiger partial charge in [0.25, 0.3) is 5.69 Å². The van der Waals surface area contributed by atoms with Crippen LogP contribution in [-0.4, -0.2) is 36.5 Å². The number of carbonyl (C=O) groups excluding carboxylic acids is 1. The van der Waals surface area contributed by atoms with E-state index in [2.05, 4.69) is 15.5 Å². The second-order valence-corrected chi connectivity index (χ2v) is 6.62. The number of amides is 1. The number of nitro benzene ring substituents is 1. The summed E-state index contributed by atoms with van der Waals surface area (Å²) in [5.74, 6) is 0.205. The molecule has 3 rings (SSSR count). The molecular weight excluding hydrogens is 382 g/mol. The van der Waals surface area contributed by atoms with Gasteiger partial charge in [0.1, 0.15) is 11.4 Å². The Morgan fingerprint density at radius 1 is 1.21 bits per heavy atom. The number of hydrogen-bond donors (Lipinski definition) is 2. The van der Waals surface area contributed by atoms with Gasteiger partial charge >= 0.3 is 0 Å². The number of nitrogens with one attached hydrogen (secondary N) is 1. The van der Waals surface area contributed by atoms with E-state index in [1.165, 1.54) is 18.2 Å². The first-order valence-corrected chi connectivity index (χ1v) is 9.37. The van der Waals surface area contributed by atoms with Gasteiger partial charge in [-0.25, -0.2) is 0 Å². The van der Waals surface area contributed by atoms with Crippen LogP contribution in [0.5, 0.6) is 5.75 Å². The van der Waals surface area contributed by atoms with Gasteiger partial charge in [0, 0.05) is 12.6 Å². The van der Waals surface area contributed by atoms with Crippen molar-refractivity contribution in [2.24, 2.45) is 0 Å². The molecule has 3 aromatic rings. The van der Waals surface area contributed by atoms with Crippen molar-refractivity contribution in [2.75, 3.05) is 11.1 Å². The maximum Gasteiger partial charge on any atom is 0.292 e. The van der Waals surface area contributed by atoms with Gasteiger partial charge in [-0.2, -0.15) is 0 Å². The number of phenols is 1. The van der Waals surface area contributed by atoms with Crippen molar-refractivity contribution < 1.29 is 14.8 Å². The second kappa shape index (κ2) is 8.53. The van der Waals surface area contributed by atoms with Crippen LogP contribution in [0.1, 0.15) is 6.92 Å². The van der Waals surface area contributed by atoms with Crippen LogP contribution < -0.4 is 5.32 Å². The predicted molar refractivity (Wildman–Crippen MR) is 105 cm³/mol. The number of anilines is 1. The smallest absolute Gasteiger partial charge is 0.292 e. The number of nitro groups is 1. The number of aromatic hydroxyl groups is 1. The monoisotopic (exact) mass is 399 g/mol. The fourth-order valence-corrected chi connectivity index (χ4v) is 3.40. The molecule has 0 aliphatic rings. The van der Waals surface area contributed by atoms with Gasteiger partial charge < -0.3 is 15.0 Å². The molecule has 0 saturated heterocycles. The number of hydrogen-bond acceptors (Lipinski definition) is 7. The van der Waals surface area contributed by atoms with E-state index in [0.29, 0.717) is 23.1 Å². The van der Waals surface area contributed by atoms with Crippen LogP contribution in [0.25, 0.3) is 11.4 Å². The van der Waals surface area contributed by atoms with E-state index in [1.807, 2.05) is 6.92 Å². The van der Waals surface area contributed by atoms with Gasteiger partial charge in [-0.3, -0.25) is 14.9 Å². The maximum absolute atomic E-state index is 12.2. The molecule has 1 heterocycles. The van der Waals surface area contributed by atoms with Crippen molar-refractivity contribution >= 4 is 29.0 Å². The van der Waals surface area contributed by atoms with Crippen LogP contribution in [0.15, 0.2) is 53.7 Å². The number of para-hydroxylation sites is 3. The van der Waals surface area contributed by atoms with Crippen LogP contribution in [0, 0.1) is 10.1 Å². The third kappa shape index (κ3) is 4.12. The lowest BCUT2D eigenvalue weighted by atomic mass is 10.2. The number of carbonyl (C=O) groups is 1. The SMILES string of the molecule is CCn1c(SCC(=O)Nc2ccccc2[N+](=O)[O-])nnc1-c1ccccc1O. The van der Waals surface area contributed by atoms with Crippen molar-refractivity contribution in [3.63, 3.8) is 0 Å². The number of phenolic OH excluding ortho intramolecular Hbond substituents is 1. The van der Waals surface area contributed by atoms with Crippen molar-refractivity contribution in [3.05, 3.63) is 58.6 Å². The summed E-state index contributed by atoms with van der Waals surface area (Å²) in [5, 5.41) is 32.4. The average Bonchev–Trinajstić information content (AvgIpc) is 3.09. The quantitative estimate of drug-likeness (QED) is 0.355. The first-order chi connectivity index (χ1) is 13.5. The summed E-state index contributed by atoms with van der Waals surface area (Å²) in [7, 11) is 0. The summed E-state index contributed by atoms with van der Waals surface area (Å²) in [5.41, 5.74) is 0.525. The minimum atomic E-state index is -0.547. The molecule has 9 nitrogen and oxygen atoms in total. The summed E-state index contributed by atoms with van der Waals surface area (Å²) in [6.45, 7) is 2.45. The first-order valence-electron chi connectivity index (χ1n) is 8.39. The highest BCUT2D eigenvalue weighted by Gasteiger charge is 2.18. The molecule has 0 spiro atoms. The lowest BCUT2D eigenvalue weighted by Crippen LogP contribution is -2.15. The predicted octanol–water partition coefficient (Wildman–Crippen LogP) is 3.31. The number of rotatable bonds is 7. The number of aromatic nitrogens is 3. The molecule has 0 radical (unpaired) electrons. The Hall–Kier alpha value is -3.40. The summed E-state index contributed by atoms with van der Waals surface area (Å²) in [6, 6.07) is 12.8. The van der Waals surface area contributed by atoms with E-state index in [-0.39, 0.29) is 22.9 Å². The average molecular weight is 399 g/mol. The standard InChI is InChI=1S/C18H17N5O4S/c1-2-22-17(12-7-3-6-10-15(12)24)20-21-18(22)28-11-16(25)19-13-8-4-5-9-14(13)23(26)27/h3-10,24H,2,11H2,1H3,(H,19,25). The van der Waals surface area contributed by atoms with Crippen molar-refractivity contribution in [1.82, 2.24) is 14.8 Å². The van der Waals surface area contributed by atoms with Gasteiger partial charge in [0.2, 0.25) is 5.91 Å². The van der Waals surface area contributed by atoms with Gasteiger partial charge in [-0.15, -0.1) is 10.2 Å². The molecular formula is C18H17N5O4S. The molecule has 144 valence electrons. The minimum absolute atomic E-state index is 0.00491. The van der Waals surface area contributed by atoms with Crippen LogP contribution >= 0.6 is 11.8 Å². The Morgan fingerprint density at radius 3 is 2.64 bits per heavy atom. The molecule has 10 heteroatoms. The van der Waals surface area contributed by atoms with Crippen LogP contribution in [0.3, 0.4) is 0 Å². The van der Waals surface area contributed by atoms with Crippen LogP contribution in [0.4, 0.5) is 11.4 Å². The molecule has 0 unspecified atom stereocenters. The van der Waals surface area contributed by atoms with Gasteiger partial charge in [-0.1, -0.05) is 36.0 Å². The number of benzene rings is 2. The lowest BCUT2D eigenvalue weighted by molar-refractivity contribution is -0.383. The molecule has 0 fully saturated rings. The van der Waals surface area contributed by atoms with Crippen molar-refractivity contribution in [1.29, 1.82) is 0 Å². The van der Waals surface area contributed by atoms with E-state index in [4.69, 9.17) is 0 Å². The first kappa shape index (κ1) is 19.4. The zero-order valence-corrected chi connectivity index (χ0v) is 15.7. The molecule has 0 aliphatic heterocycles. The summed E-state index contributed by atoms with van der Waals surface area (Å²) < 4.78 is 1.79. The highest BCUT2D eigenvalue weighted by atomic mass is 32.2. The number of thioether (sulfide) groups is 1. The fraction of sp³-hybridized carbons (Fsp3) is 0.167. The summed E-state index contributed by atoms with van der Waals surface area (Å²) >= 11 is 1.16. The lowest BCUT2D eigenvalue weighted by Gasteiger charge is -2.09. The normalized spacial score (nSPS) is 10.6. The van der Waals surface area contributed by atoms with E-state index in [1.54, 1.807) is 34.9 Å². The highest BCUT2D eigenvalue weighted by Crippen LogP contribution is 2.30. The van der Waals surface area contributed by atoms with Gasteiger partial charge in [0.15, 0.2) is 11.0 Å². The van der Waals surface area contributed by atoms with Crippen molar-refractivity contribution in [3.8, 4) is 17.1 Å².